The number of para-hydroxylation sites is 1. The van der Waals surface area contributed by atoms with Crippen molar-refractivity contribution in [1.29, 1.82) is 0 Å². The second-order valence-corrected chi connectivity index (χ2v) is 11.9. The summed E-state index contributed by atoms with van der Waals surface area (Å²) in [5.41, 5.74) is 1.84. The van der Waals surface area contributed by atoms with E-state index in [2.05, 4.69) is 26.3 Å². The van der Waals surface area contributed by atoms with Gasteiger partial charge in [0.25, 0.3) is 5.91 Å². The molecule has 2 aromatic carbocycles. The van der Waals surface area contributed by atoms with Crippen LogP contribution >= 0.6 is 0 Å². The Morgan fingerprint density at radius 3 is 2.24 bits per heavy atom. The van der Waals surface area contributed by atoms with Crippen molar-refractivity contribution in [2.75, 3.05) is 13.1 Å². The van der Waals surface area contributed by atoms with E-state index in [1.54, 1.807) is 24.4 Å². The lowest BCUT2D eigenvalue weighted by atomic mass is 10.0. The highest BCUT2D eigenvalue weighted by Crippen LogP contribution is 2.19. The monoisotopic (exact) mass is 614 g/mol. The lowest BCUT2D eigenvalue weighted by Crippen LogP contribution is -2.57. The molecule has 2 heterocycles. The van der Waals surface area contributed by atoms with E-state index < -0.39 is 53.7 Å². The van der Waals surface area contributed by atoms with Crippen LogP contribution in [-0.2, 0) is 25.6 Å². The first-order chi connectivity index (χ1) is 21.5. The van der Waals surface area contributed by atoms with Crippen LogP contribution in [0.25, 0.3) is 10.9 Å². The van der Waals surface area contributed by atoms with Crippen molar-refractivity contribution in [2.45, 2.75) is 71.1 Å². The first-order valence-corrected chi connectivity index (χ1v) is 15.4. The minimum Gasteiger partial charge on any atom is -0.350 e. The minimum absolute atomic E-state index is 0.0215. The molecule has 0 radical (unpaired) electrons. The van der Waals surface area contributed by atoms with E-state index >= 15 is 0 Å². The van der Waals surface area contributed by atoms with Gasteiger partial charge in [-0.15, -0.1) is 0 Å². The fraction of sp³-hybridized carbons (Fsp3) is 0.412. The van der Waals surface area contributed by atoms with Gasteiger partial charge in [-0.2, -0.15) is 0 Å². The second-order valence-electron chi connectivity index (χ2n) is 11.9. The number of pyridine rings is 1. The van der Waals surface area contributed by atoms with Crippen LogP contribution in [0.1, 0.15) is 56.5 Å². The number of aromatic nitrogens is 1. The normalized spacial score (nSPS) is 22.1. The van der Waals surface area contributed by atoms with E-state index in [4.69, 9.17) is 0 Å². The number of nitrogens with one attached hydrogen (secondary N) is 4. The van der Waals surface area contributed by atoms with Crippen molar-refractivity contribution in [2.24, 2.45) is 5.92 Å². The summed E-state index contributed by atoms with van der Waals surface area (Å²) in [5.74, 6) is -2.37. The Balaban J connectivity index is 1.70. The summed E-state index contributed by atoms with van der Waals surface area (Å²) in [5, 5.41) is 11.9. The molecule has 1 fully saturated rings. The van der Waals surface area contributed by atoms with Crippen LogP contribution in [0.2, 0.25) is 0 Å². The molecule has 238 valence electrons. The average molecular weight is 615 g/mol. The first-order valence-electron chi connectivity index (χ1n) is 15.4. The fourth-order valence-corrected chi connectivity index (χ4v) is 5.37. The van der Waals surface area contributed by atoms with Crippen molar-refractivity contribution < 1.29 is 24.0 Å². The number of hydrogen-bond acceptors (Lipinski definition) is 6. The van der Waals surface area contributed by atoms with E-state index in [0.29, 0.717) is 29.3 Å². The van der Waals surface area contributed by atoms with Gasteiger partial charge >= 0.3 is 0 Å². The number of carbonyl (C=O) groups excluding carboxylic acids is 5. The van der Waals surface area contributed by atoms with Crippen LogP contribution in [0.4, 0.5) is 0 Å². The molecule has 1 saturated heterocycles. The van der Waals surface area contributed by atoms with Crippen LogP contribution < -0.4 is 21.3 Å². The molecule has 1 aromatic heterocycles. The Morgan fingerprint density at radius 2 is 1.53 bits per heavy atom. The van der Waals surface area contributed by atoms with Gasteiger partial charge in [-0.1, -0.05) is 69.3 Å². The van der Waals surface area contributed by atoms with Crippen LogP contribution in [0.5, 0.6) is 0 Å². The third kappa shape index (κ3) is 8.87. The van der Waals surface area contributed by atoms with Gasteiger partial charge in [-0.3, -0.25) is 29.0 Å². The Bertz CT molecular complexity index is 1520. The van der Waals surface area contributed by atoms with E-state index in [-0.39, 0.29) is 25.4 Å². The number of amides is 5. The number of fused-ring (bicyclic) bond motifs is 1. The molecule has 45 heavy (non-hydrogen) atoms. The number of carbonyl (C=O) groups is 5. The van der Waals surface area contributed by atoms with Crippen LogP contribution in [0, 0.1) is 5.92 Å². The molecule has 1 aliphatic rings. The molecule has 4 rings (SSSR count). The van der Waals surface area contributed by atoms with Gasteiger partial charge in [-0.25, -0.2) is 0 Å². The molecule has 0 unspecified atom stereocenters. The molecule has 11 heteroatoms. The highest BCUT2D eigenvalue weighted by Gasteiger charge is 2.32. The van der Waals surface area contributed by atoms with Crippen molar-refractivity contribution in [3.8, 4) is 0 Å². The summed E-state index contributed by atoms with van der Waals surface area (Å²) in [6.45, 7) is 6.93. The van der Waals surface area contributed by atoms with E-state index in [9.17, 15) is 24.0 Å². The smallest absolute Gasteiger partial charge is 0.255 e. The van der Waals surface area contributed by atoms with Crippen molar-refractivity contribution in [3.63, 3.8) is 0 Å². The van der Waals surface area contributed by atoms with Crippen molar-refractivity contribution in [3.05, 3.63) is 78.0 Å². The van der Waals surface area contributed by atoms with Gasteiger partial charge in [0.2, 0.25) is 23.6 Å². The third-order valence-electron chi connectivity index (χ3n) is 7.81. The molecule has 0 saturated carbocycles. The van der Waals surface area contributed by atoms with Crippen molar-refractivity contribution >= 4 is 40.4 Å². The number of rotatable bonds is 6. The van der Waals surface area contributed by atoms with Gasteiger partial charge in [-0.05, 0) is 43.4 Å². The summed E-state index contributed by atoms with van der Waals surface area (Å²) < 4.78 is 0. The number of hydrogen-bond donors (Lipinski definition) is 4. The molecular weight excluding hydrogens is 572 g/mol. The molecule has 4 atom stereocenters. The summed E-state index contributed by atoms with van der Waals surface area (Å²) in [7, 11) is 0. The lowest BCUT2D eigenvalue weighted by molar-refractivity contribution is -0.133. The van der Waals surface area contributed by atoms with Crippen LogP contribution in [0.3, 0.4) is 0 Å². The Hall–Kier alpha value is -4.80. The largest absolute Gasteiger partial charge is 0.350 e. The zero-order valence-electron chi connectivity index (χ0n) is 26.2. The van der Waals surface area contributed by atoms with Crippen LogP contribution in [0.15, 0.2) is 66.9 Å². The maximum atomic E-state index is 14.0. The lowest BCUT2D eigenvalue weighted by Gasteiger charge is -2.29. The van der Waals surface area contributed by atoms with Crippen LogP contribution in [-0.4, -0.2) is 76.7 Å². The van der Waals surface area contributed by atoms with E-state index in [1.165, 1.54) is 11.8 Å². The topological polar surface area (TPSA) is 150 Å². The zero-order chi connectivity index (χ0) is 32.5. The molecule has 1 aliphatic heterocycles. The zero-order valence-corrected chi connectivity index (χ0v) is 26.2. The molecular formula is C34H42N6O5. The second kappa shape index (κ2) is 15.3. The molecule has 5 amide bonds. The minimum atomic E-state index is -0.981. The van der Waals surface area contributed by atoms with Gasteiger partial charge in [0.05, 0.1) is 17.6 Å². The molecule has 0 spiro atoms. The van der Waals surface area contributed by atoms with Crippen molar-refractivity contribution in [1.82, 2.24) is 31.2 Å². The molecule has 11 nitrogen and oxygen atoms in total. The predicted octanol–water partition coefficient (Wildman–Crippen LogP) is 2.35. The predicted molar refractivity (Wildman–Crippen MR) is 171 cm³/mol. The average Bonchev–Trinajstić information content (AvgIpc) is 3.02. The SMILES string of the molecule is CC[C@H]1CN(C(=O)c2ccnc3ccccc23)CC(=O)N[C@H](C)C(=O)N[C@@H](CC(C)C)C(=O)N[C@@H](Cc2ccccc2)C(=O)N1. The number of nitrogens with zero attached hydrogens (tertiary/aromatic N) is 2. The molecule has 4 N–H and O–H groups in total. The summed E-state index contributed by atoms with van der Waals surface area (Å²) in [4.78, 5) is 73.5. The molecule has 3 aromatic rings. The molecule has 0 bridgehead atoms. The number of benzene rings is 2. The Kier molecular flexibility index (Phi) is 11.2. The maximum absolute atomic E-state index is 14.0. The standard InChI is InChI=1S/C34H42N6O5/c1-5-24-19-40(34(45)26-15-16-35-27-14-10-9-13-25(26)27)20-30(41)36-22(4)31(42)38-28(17-21(2)3)33(44)39-29(32(43)37-24)18-23-11-7-6-8-12-23/h6-16,21-22,24,28-29H,5,17-20H2,1-4H3,(H,36,41)(H,37,43)(H,38,42)(H,39,44)/t22-,24+,28+,29+/m1/s1. The first kappa shape index (κ1) is 33.1. The quantitative estimate of drug-likeness (QED) is 0.335. The third-order valence-corrected chi connectivity index (χ3v) is 7.81. The summed E-state index contributed by atoms with van der Waals surface area (Å²) >= 11 is 0. The Labute approximate surface area is 263 Å². The summed E-state index contributed by atoms with van der Waals surface area (Å²) in [6.07, 6.45) is 2.54. The Morgan fingerprint density at radius 1 is 0.867 bits per heavy atom. The van der Waals surface area contributed by atoms with Gasteiger partial charge in [0.15, 0.2) is 0 Å². The molecule has 0 aliphatic carbocycles. The fourth-order valence-electron chi connectivity index (χ4n) is 5.37. The van der Waals surface area contributed by atoms with Gasteiger partial charge in [0, 0.05) is 30.6 Å². The highest BCUT2D eigenvalue weighted by molar-refractivity contribution is 6.07. The maximum Gasteiger partial charge on any atom is 0.255 e. The highest BCUT2D eigenvalue weighted by atomic mass is 16.2. The van der Waals surface area contributed by atoms with Gasteiger partial charge in [0.1, 0.15) is 18.1 Å². The van der Waals surface area contributed by atoms with E-state index in [0.717, 1.165) is 5.56 Å². The summed E-state index contributed by atoms with van der Waals surface area (Å²) in [6, 6.07) is 14.8. The van der Waals surface area contributed by atoms with Gasteiger partial charge < -0.3 is 26.2 Å². The van der Waals surface area contributed by atoms with E-state index in [1.807, 2.05) is 63.2 Å².